The molecule has 0 fully saturated rings. The van der Waals surface area contributed by atoms with Gasteiger partial charge in [-0.2, -0.15) is 4.39 Å². The van der Waals surface area contributed by atoms with Crippen LogP contribution in [0.5, 0.6) is 0 Å². The van der Waals surface area contributed by atoms with Crippen molar-refractivity contribution < 1.29 is 14.3 Å². The molecule has 52 valence electrons. The van der Waals surface area contributed by atoms with Crippen LogP contribution in [-0.2, 0) is 4.79 Å². The summed E-state index contributed by atoms with van der Waals surface area (Å²) >= 11 is 0. The Kier molecular flexibility index (Phi) is 2.91. The first-order valence-corrected chi connectivity index (χ1v) is 2.64. The summed E-state index contributed by atoms with van der Waals surface area (Å²) in [7, 11) is 0. The third kappa shape index (κ3) is 3.70. The van der Waals surface area contributed by atoms with E-state index in [2.05, 4.69) is 0 Å². The highest BCUT2D eigenvalue weighted by Gasteiger charge is 2.04. The Bertz CT molecular complexity index is 138. The average Bonchev–Trinajstić information content (AvgIpc) is 1.63. The number of aliphatic carboxylic acids is 1. The van der Waals surface area contributed by atoms with Gasteiger partial charge in [-0.1, -0.05) is 13.8 Å². The van der Waals surface area contributed by atoms with Crippen molar-refractivity contribution in [3.8, 4) is 0 Å². The van der Waals surface area contributed by atoms with Crippen LogP contribution in [0.2, 0.25) is 0 Å². The molecule has 0 unspecified atom stereocenters. The second-order valence-corrected chi connectivity index (χ2v) is 2.06. The van der Waals surface area contributed by atoms with Crippen molar-refractivity contribution >= 4 is 5.97 Å². The summed E-state index contributed by atoms with van der Waals surface area (Å²) in [5, 5.41) is 7.99. The van der Waals surface area contributed by atoms with E-state index in [1.54, 1.807) is 13.8 Å². The molecule has 9 heavy (non-hydrogen) atoms. The van der Waals surface area contributed by atoms with Crippen molar-refractivity contribution in [2.75, 3.05) is 0 Å². The summed E-state index contributed by atoms with van der Waals surface area (Å²) in [6.45, 7) is 3.42. The van der Waals surface area contributed by atoms with Gasteiger partial charge in [-0.15, -0.1) is 0 Å². The van der Waals surface area contributed by atoms with Crippen LogP contribution >= 0.6 is 0 Å². The zero-order valence-electron chi connectivity index (χ0n) is 5.39. The van der Waals surface area contributed by atoms with E-state index in [1.165, 1.54) is 0 Å². The average molecular weight is 132 g/mol. The van der Waals surface area contributed by atoms with Gasteiger partial charge in [0.05, 0.1) is 0 Å². The maximum absolute atomic E-state index is 12.0. The van der Waals surface area contributed by atoms with Gasteiger partial charge >= 0.3 is 5.97 Å². The highest BCUT2D eigenvalue weighted by atomic mass is 19.1. The lowest BCUT2D eigenvalue weighted by atomic mass is 10.2. The molecule has 0 atom stereocenters. The minimum absolute atomic E-state index is 0.0545. The second kappa shape index (κ2) is 3.22. The van der Waals surface area contributed by atoms with Crippen LogP contribution in [0, 0.1) is 5.92 Å². The molecule has 0 aromatic rings. The van der Waals surface area contributed by atoms with Crippen LogP contribution in [0.1, 0.15) is 13.8 Å². The van der Waals surface area contributed by atoms with Gasteiger partial charge in [0.1, 0.15) is 0 Å². The van der Waals surface area contributed by atoms with Crippen molar-refractivity contribution in [3.05, 3.63) is 11.9 Å². The molecule has 1 N–H and O–H groups in total. The molecule has 0 heterocycles. The van der Waals surface area contributed by atoms with E-state index in [4.69, 9.17) is 5.11 Å². The minimum Gasteiger partial charge on any atom is -0.476 e. The van der Waals surface area contributed by atoms with Crippen molar-refractivity contribution in [1.82, 2.24) is 0 Å². The Morgan fingerprint density at radius 3 is 2.22 bits per heavy atom. The lowest BCUT2D eigenvalue weighted by Gasteiger charge is -1.92. The topological polar surface area (TPSA) is 37.3 Å². The first kappa shape index (κ1) is 8.14. The standard InChI is InChI=1S/C6H9FO2/c1-4(2)3-5(7)6(8)9/h3-4H,1-2H3,(H,8,9)/b5-3+. The maximum atomic E-state index is 12.0. The van der Waals surface area contributed by atoms with Gasteiger partial charge in [0.15, 0.2) is 0 Å². The molecule has 0 aliphatic carbocycles. The minimum atomic E-state index is -1.50. The van der Waals surface area contributed by atoms with Crippen molar-refractivity contribution in [2.45, 2.75) is 13.8 Å². The third-order valence-corrected chi connectivity index (χ3v) is 0.684. The van der Waals surface area contributed by atoms with Gasteiger partial charge in [0, 0.05) is 0 Å². The Hall–Kier alpha value is -0.860. The highest BCUT2D eigenvalue weighted by molar-refractivity contribution is 5.83. The molecule has 0 aromatic carbocycles. The monoisotopic (exact) mass is 132 g/mol. The molecule has 3 heteroatoms. The number of carboxylic acid groups (broad SMARTS) is 1. The molecule has 0 amide bonds. The quantitative estimate of drug-likeness (QED) is 0.579. The molecule has 0 aliphatic rings. The number of carbonyl (C=O) groups is 1. The molecule has 0 aromatic heterocycles. The van der Waals surface area contributed by atoms with Gasteiger partial charge < -0.3 is 5.11 Å². The van der Waals surface area contributed by atoms with Gasteiger partial charge in [0.2, 0.25) is 5.83 Å². The molecule has 0 radical (unpaired) electrons. The first-order valence-electron chi connectivity index (χ1n) is 2.64. The molecule has 2 nitrogen and oxygen atoms in total. The zero-order chi connectivity index (χ0) is 7.44. The molecule has 0 saturated carbocycles. The van der Waals surface area contributed by atoms with Crippen molar-refractivity contribution in [3.63, 3.8) is 0 Å². The predicted molar refractivity (Wildman–Crippen MR) is 31.7 cm³/mol. The smallest absolute Gasteiger partial charge is 0.364 e. The van der Waals surface area contributed by atoms with Crippen LogP contribution in [0.25, 0.3) is 0 Å². The van der Waals surface area contributed by atoms with Gasteiger partial charge in [-0.3, -0.25) is 0 Å². The lowest BCUT2D eigenvalue weighted by molar-refractivity contribution is -0.134. The first-order chi connectivity index (χ1) is 4.04. The molecule has 0 saturated heterocycles. The van der Waals surface area contributed by atoms with Crippen LogP contribution in [0.15, 0.2) is 11.9 Å². The fourth-order valence-corrected chi connectivity index (χ4v) is 0.364. The van der Waals surface area contributed by atoms with Gasteiger partial charge in [-0.25, -0.2) is 4.79 Å². The summed E-state index contributed by atoms with van der Waals surface area (Å²) in [6, 6.07) is 0. The largest absolute Gasteiger partial charge is 0.476 e. The highest BCUT2D eigenvalue weighted by Crippen LogP contribution is 2.02. The Morgan fingerprint density at radius 1 is 1.67 bits per heavy atom. The number of hydrogen-bond acceptors (Lipinski definition) is 1. The number of carboxylic acids is 1. The third-order valence-electron chi connectivity index (χ3n) is 0.684. The Morgan fingerprint density at radius 2 is 2.11 bits per heavy atom. The van der Waals surface area contributed by atoms with Gasteiger partial charge in [-0.05, 0) is 12.0 Å². The summed E-state index contributed by atoms with van der Waals surface area (Å²) in [5.41, 5.74) is 0. The SMILES string of the molecule is CC(C)/C=C(/F)C(=O)O. The van der Waals surface area contributed by atoms with Crippen LogP contribution in [-0.4, -0.2) is 11.1 Å². The number of allylic oxidation sites excluding steroid dienone is 1. The Labute approximate surface area is 53.0 Å². The molecule has 0 aliphatic heterocycles. The lowest BCUT2D eigenvalue weighted by Crippen LogP contribution is -1.96. The van der Waals surface area contributed by atoms with E-state index in [0.29, 0.717) is 0 Å². The summed E-state index contributed by atoms with van der Waals surface area (Å²) in [6.07, 6.45) is 1.06. The summed E-state index contributed by atoms with van der Waals surface area (Å²) < 4.78 is 12.0. The molecule has 0 spiro atoms. The van der Waals surface area contributed by atoms with Crippen LogP contribution in [0.4, 0.5) is 4.39 Å². The number of hydrogen-bond donors (Lipinski definition) is 1. The van der Waals surface area contributed by atoms with E-state index >= 15 is 0 Å². The zero-order valence-corrected chi connectivity index (χ0v) is 5.39. The van der Waals surface area contributed by atoms with Crippen molar-refractivity contribution in [2.24, 2.45) is 5.92 Å². The predicted octanol–water partition coefficient (Wildman–Crippen LogP) is 1.58. The van der Waals surface area contributed by atoms with E-state index in [9.17, 15) is 9.18 Å². The molecular formula is C6H9FO2. The fourth-order valence-electron chi connectivity index (χ4n) is 0.364. The number of halogens is 1. The summed E-state index contributed by atoms with van der Waals surface area (Å²) in [5.74, 6) is -2.63. The fraction of sp³-hybridized carbons (Fsp3) is 0.500. The summed E-state index contributed by atoms with van der Waals surface area (Å²) in [4.78, 5) is 9.79. The van der Waals surface area contributed by atoms with Crippen LogP contribution < -0.4 is 0 Å². The van der Waals surface area contributed by atoms with Gasteiger partial charge in [0.25, 0.3) is 0 Å². The molecular weight excluding hydrogens is 123 g/mol. The second-order valence-electron chi connectivity index (χ2n) is 2.06. The van der Waals surface area contributed by atoms with Crippen molar-refractivity contribution in [1.29, 1.82) is 0 Å². The van der Waals surface area contributed by atoms with E-state index < -0.39 is 11.8 Å². The van der Waals surface area contributed by atoms with E-state index in [-0.39, 0.29) is 5.92 Å². The van der Waals surface area contributed by atoms with E-state index in [1.807, 2.05) is 0 Å². The molecule has 0 bridgehead atoms. The number of rotatable bonds is 2. The normalized spacial score (nSPS) is 12.2. The van der Waals surface area contributed by atoms with Crippen LogP contribution in [0.3, 0.4) is 0 Å². The van der Waals surface area contributed by atoms with E-state index in [0.717, 1.165) is 6.08 Å². The molecule has 0 rings (SSSR count). The maximum Gasteiger partial charge on any atom is 0.364 e. The Balaban J connectivity index is 4.00.